The molecule has 1 aromatic heterocycles. The zero-order valence-electron chi connectivity index (χ0n) is 8.94. The van der Waals surface area contributed by atoms with Gasteiger partial charge in [-0.3, -0.25) is 0 Å². The minimum absolute atomic E-state index is 0.271. The summed E-state index contributed by atoms with van der Waals surface area (Å²) in [7, 11) is 0. The Hall–Kier alpha value is -1.84. The van der Waals surface area contributed by atoms with Gasteiger partial charge in [0.2, 0.25) is 0 Å². The molecule has 16 heavy (non-hydrogen) atoms. The molecule has 0 aliphatic rings. The number of nitrogens with two attached hydrogens (primary N) is 1. The first-order chi connectivity index (χ1) is 7.54. The maximum Gasteiger partial charge on any atom is 0.144 e. The first-order valence-corrected chi connectivity index (χ1v) is 4.70. The molecule has 5 N–H and O–H groups in total. The third-order valence-corrected chi connectivity index (χ3v) is 2.15. The number of nitriles is 1. The molecule has 1 heterocycles. The van der Waals surface area contributed by atoms with Crippen molar-refractivity contribution in [1.82, 2.24) is 4.98 Å². The first kappa shape index (κ1) is 12.2. The van der Waals surface area contributed by atoms with Gasteiger partial charge in [-0.05, 0) is 13.0 Å². The topological polar surface area (TPSA) is 115 Å². The van der Waals surface area contributed by atoms with Crippen molar-refractivity contribution in [3.8, 4) is 6.07 Å². The Balaban J connectivity index is 3.02. The lowest BCUT2D eigenvalue weighted by atomic mass is 10.1. The number of nitrogens with one attached hydrogen (secondary N) is 1. The second kappa shape index (κ2) is 4.79. The highest BCUT2D eigenvalue weighted by molar-refractivity contribution is 5.58. The van der Waals surface area contributed by atoms with Gasteiger partial charge in [0.15, 0.2) is 0 Å². The molecule has 0 aromatic carbocycles. The third-order valence-electron chi connectivity index (χ3n) is 2.15. The number of hydrogen-bond donors (Lipinski definition) is 4. The van der Waals surface area contributed by atoms with Crippen molar-refractivity contribution < 1.29 is 10.2 Å². The van der Waals surface area contributed by atoms with Crippen LogP contribution in [0.1, 0.15) is 12.5 Å². The standard InChI is InChI=1S/C10H14N4O2/c1-10(5-15,6-16)14-9-7(3-11)2-8(12)4-13-9/h2,4,15-16H,5-6,12H2,1H3,(H,13,14). The Morgan fingerprint density at radius 2 is 2.19 bits per heavy atom. The lowest BCUT2D eigenvalue weighted by Gasteiger charge is -2.27. The molecule has 0 amide bonds. The van der Waals surface area contributed by atoms with Crippen LogP contribution in [0.25, 0.3) is 0 Å². The fourth-order valence-corrected chi connectivity index (χ4v) is 1.08. The lowest BCUT2D eigenvalue weighted by Crippen LogP contribution is -2.43. The summed E-state index contributed by atoms with van der Waals surface area (Å²) in [6, 6.07) is 3.42. The van der Waals surface area contributed by atoms with Crippen molar-refractivity contribution in [2.75, 3.05) is 24.3 Å². The Labute approximate surface area is 93.3 Å². The second-order valence-corrected chi connectivity index (χ2v) is 3.78. The highest BCUT2D eigenvalue weighted by Crippen LogP contribution is 2.18. The Morgan fingerprint density at radius 1 is 1.56 bits per heavy atom. The van der Waals surface area contributed by atoms with Gasteiger partial charge >= 0.3 is 0 Å². The molecule has 86 valence electrons. The van der Waals surface area contributed by atoms with Crippen LogP contribution in [-0.4, -0.2) is 33.9 Å². The molecule has 0 atom stereocenters. The summed E-state index contributed by atoms with van der Waals surface area (Å²) in [5.41, 5.74) is 5.23. The average molecular weight is 222 g/mol. The number of aromatic nitrogens is 1. The second-order valence-electron chi connectivity index (χ2n) is 3.78. The van der Waals surface area contributed by atoms with Crippen LogP contribution in [0.15, 0.2) is 12.3 Å². The van der Waals surface area contributed by atoms with E-state index in [1.54, 1.807) is 6.92 Å². The molecule has 0 aliphatic heterocycles. The van der Waals surface area contributed by atoms with Crippen molar-refractivity contribution in [3.05, 3.63) is 17.8 Å². The number of rotatable bonds is 4. The molecule has 0 aliphatic carbocycles. The predicted molar refractivity (Wildman–Crippen MR) is 59.6 cm³/mol. The summed E-state index contributed by atoms with van der Waals surface area (Å²) in [4.78, 5) is 3.95. The zero-order valence-corrected chi connectivity index (χ0v) is 8.94. The number of aliphatic hydroxyl groups excluding tert-OH is 2. The molecule has 0 saturated carbocycles. The summed E-state index contributed by atoms with van der Waals surface area (Å²) in [5, 5.41) is 29.9. The molecule has 0 radical (unpaired) electrons. The van der Waals surface area contributed by atoms with E-state index in [-0.39, 0.29) is 18.8 Å². The molecule has 1 aromatic rings. The summed E-state index contributed by atoms with van der Waals surface area (Å²) in [5.74, 6) is 0.294. The largest absolute Gasteiger partial charge is 0.397 e. The van der Waals surface area contributed by atoms with Crippen molar-refractivity contribution >= 4 is 11.5 Å². The maximum absolute atomic E-state index is 9.11. The van der Waals surface area contributed by atoms with Crippen LogP contribution in [0, 0.1) is 11.3 Å². The van der Waals surface area contributed by atoms with E-state index in [0.717, 1.165) is 0 Å². The molecule has 0 fully saturated rings. The van der Waals surface area contributed by atoms with Gasteiger partial charge in [-0.15, -0.1) is 0 Å². The number of pyridine rings is 1. The molecular weight excluding hydrogens is 208 g/mol. The fourth-order valence-electron chi connectivity index (χ4n) is 1.08. The molecule has 0 unspecified atom stereocenters. The maximum atomic E-state index is 9.11. The van der Waals surface area contributed by atoms with Crippen molar-refractivity contribution in [3.63, 3.8) is 0 Å². The number of nitrogens with zero attached hydrogens (tertiary/aromatic N) is 2. The predicted octanol–water partition coefficient (Wildman–Crippen LogP) is -0.309. The van der Waals surface area contributed by atoms with Crippen molar-refractivity contribution in [2.45, 2.75) is 12.5 Å². The van der Waals surface area contributed by atoms with Gasteiger partial charge in [0, 0.05) is 0 Å². The number of anilines is 2. The van der Waals surface area contributed by atoms with E-state index in [0.29, 0.717) is 11.5 Å². The Morgan fingerprint density at radius 3 is 2.69 bits per heavy atom. The van der Waals surface area contributed by atoms with E-state index in [1.165, 1.54) is 12.3 Å². The smallest absolute Gasteiger partial charge is 0.144 e. The van der Waals surface area contributed by atoms with Crippen molar-refractivity contribution in [2.24, 2.45) is 0 Å². The number of aliphatic hydroxyl groups is 2. The molecule has 6 nitrogen and oxygen atoms in total. The minimum Gasteiger partial charge on any atom is -0.397 e. The van der Waals surface area contributed by atoms with Gasteiger partial charge in [-0.2, -0.15) is 5.26 Å². The Bertz CT molecular complexity index is 410. The molecule has 0 bridgehead atoms. The van der Waals surface area contributed by atoms with E-state index < -0.39 is 5.54 Å². The van der Waals surface area contributed by atoms with Crippen LogP contribution in [0.3, 0.4) is 0 Å². The zero-order chi connectivity index (χ0) is 12.2. The Kier molecular flexibility index (Phi) is 3.66. The summed E-state index contributed by atoms with van der Waals surface area (Å²) >= 11 is 0. The molecule has 1 rings (SSSR count). The van der Waals surface area contributed by atoms with E-state index in [2.05, 4.69) is 10.3 Å². The highest BCUT2D eigenvalue weighted by Gasteiger charge is 2.23. The van der Waals surface area contributed by atoms with Crippen LogP contribution in [0.2, 0.25) is 0 Å². The number of nitrogen functional groups attached to an aromatic ring is 1. The van der Waals surface area contributed by atoms with Crippen LogP contribution >= 0.6 is 0 Å². The van der Waals surface area contributed by atoms with Crippen LogP contribution in [0.4, 0.5) is 11.5 Å². The highest BCUT2D eigenvalue weighted by atomic mass is 16.3. The van der Waals surface area contributed by atoms with Gasteiger partial charge in [0.1, 0.15) is 11.9 Å². The minimum atomic E-state index is -0.922. The average Bonchev–Trinajstić information content (AvgIpc) is 2.31. The summed E-state index contributed by atoms with van der Waals surface area (Å²) < 4.78 is 0. The van der Waals surface area contributed by atoms with E-state index in [1.807, 2.05) is 6.07 Å². The summed E-state index contributed by atoms with van der Waals surface area (Å²) in [6.07, 6.45) is 1.40. The third kappa shape index (κ3) is 2.59. The lowest BCUT2D eigenvalue weighted by molar-refractivity contribution is 0.147. The van der Waals surface area contributed by atoms with Gasteiger partial charge in [0.25, 0.3) is 0 Å². The molecular formula is C10H14N4O2. The SMILES string of the molecule is CC(CO)(CO)Nc1ncc(N)cc1C#N. The monoisotopic (exact) mass is 222 g/mol. The van der Waals surface area contributed by atoms with Gasteiger partial charge < -0.3 is 21.3 Å². The molecule has 6 heteroatoms. The molecule has 0 spiro atoms. The van der Waals surface area contributed by atoms with Crippen molar-refractivity contribution in [1.29, 1.82) is 5.26 Å². The normalized spacial score (nSPS) is 10.9. The van der Waals surface area contributed by atoms with Crippen LogP contribution < -0.4 is 11.1 Å². The van der Waals surface area contributed by atoms with Gasteiger partial charge in [-0.1, -0.05) is 0 Å². The van der Waals surface area contributed by atoms with Crippen LogP contribution in [-0.2, 0) is 0 Å². The quantitative estimate of drug-likeness (QED) is 0.555. The fraction of sp³-hybridized carbons (Fsp3) is 0.400. The van der Waals surface area contributed by atoms with Crippen LogP contribution in [0.5, 0.6) is 0 Å². The summed E-state index contributed by atoms with van der Waals surface area (Å²) in [6.45, 7) is 1.06. The number of hydrogen-bond acceptors (Lipinski definition) is 6. The first-order valence-electron chi connectivity index (χ1n) is 4.70. The van der Waals surface area contributed by atoms with E-state index in [9.17, 15) is 0 Å². The van der Waals surface area contributed by atoms with Gasteiger partial charge in [-0.25, -0.2) is 4.98 Å². The van der Waals surface area contributed by atoms with E-state index >= 15 is 0 Å². The molecule has 0 saturated heterocycles. The van der Waals surface area contributed by atoms with E-state index in [4.69, 9.17) is 21.2 Å². The van der Waals surface area contributed by atoms with Gasteiger partial charge in [0.05, 0.1) is 36.2 Å².